The molecule has 3 rings (SSSR count). The number of carbonyl (C=O) groups excluding carboxylic acids is 1. The van der Waals surface area contributed by atoms with Gasteiger partial charge in [-0.05, 0) is 57.2 Å². The van der Waals surface area contributed by atoms with Gasteiger partial charge in [-0.15, -0.1) is 0 Å². The van der Waals surface area contributed by atoms with Crippen LogP contribution in [-0.4, -0.2) is 38.3 Å². The van der Waals surface area contributed by atoms with Crippen LogP contribution in [0.3, 0.4) is 0 Å². The molecule has 0 bridgehead atoms. The van der Waals surface area contributed by atoms with Crippen LogP contribution in [0.5, 0.6) is 0 Å². The van der Waals surface area contributed by atoms with Gasteiger partial charge in [-0.3, -0.25) is 4.79 Å². The van der Waals surface area contributed by atoms with Gasteiger partial charge in [0.15, 0.2) is 0 Å². The third-order valence-corrected chi connectivity index (χ3v) is 5.92. The van der Waals surface area contributed by atoms with E-state index in [1.165, 1.54) is 44.2 Å². The van der Waals surface area contributed by atoms with E-state index in [1.54, 1.807) is 0 Å². The molecule has 0 unspecified atom stereocenters. The highest BCUT2D eigenvalue weighted by Gasteiger charge is 2.26. The van der Waals surface area contributed by atoms with Crippen molar-refractivity contribution in [2.75, 3.05) is 36.1 Å². The van der Waals surface area contributed by atoms with E-state index in [2.05, 4.69) is 34.1 Å². The summed E-state index contributed by atoms with van der Waals surface area (Å²) in [5, 5.41) is 0. The molecule has 1 aliphatic heterocycles. The SMILES string of the molecule is CCOCCCC(=O)N(c1cccc(N2CCCC2)c1)C1CCCCCC1. The summed E-state index contributed by atoms with van der Waals surface area (Å²) in [7, 11) is 0. The van der Waals surface area contributed by atoms with Crippen LogP contribution >= 0.6 is 0 Å². The first-order valence-electron chi connectivity index (χ1n) is 11.0. The molecule has 1 aromatic rings. The van der Waals surface area contributed by atoms with Crippen LogP contribution in [0.2, 0.25) is 0 Å². The van der Waals surface area contributed by atoms with Gasteiger partial charge in [0.25, 0.3) is 0 Å². The van der Waals surface area contributed by atoms with Crippen LogP contribution in [0.15, 0.2) is 24.3 Å². The quantitative estimate of drug-likeness (QED) is 0.467. The number of hydrogen-bond acceptors (Lipinski definition) is 3. The van der Waals surface area contributed by atoms with Crippen LogP contribution in [0.4, 0.5) is 11.4 Å². The molecular weight excluding hydrogens is 336 g/mol. The largest absolute Gasteiger partial charge is 0.382 e. The zero-order valence-electron chi connectivity index (χ0n) is 17.0. The zero-order chi connectivity index (χ0) is 18.9. The van der Waals surface area contributed by atoms with Crippen molar-refractivity contribution in [3.8, 4) is 0 Å². The Labute approximate surface area is 164 Å². The predicted molar refractivity (Wildman–Crippen MR) is 113 cm³/mol. The van der Waals surface area contributed by atoms with Crippen molar-refractivity contribution in [2.24, 2.45) is 0 Å². The van der Waals surface area contributed by atoms with E-state index in [4.69, 9.17) is 4.74 Å². The second-order valence-electron chi connectivity index (χ2n) is 7.92. The van der Waals surface area contributed by atoms with E-state index < -0.39 is 0 Å². The van der Waals surface area contributed by atoms with Crippen molar-refractivity contribution in [3.05, 3.63) is 24.3 Å². The molecular formula is C23H36N2O2. The maximum atomic E-state index is 13.2. The molecule has 1 heterocycles. The second kappa shape index (κ2) is 10.7. The highest BCUT2D eigenvalue weighted by Crippen LogP contribution is 2.31. The van der Waals surface area contributed by atoms with E-state index in [0.717, 1.165) is 44.6 Å². The Kier molecular flexibility index (Phi) is 8.00. The maximum Gasteiger partial charge on any atom is 0.227 e. The maximum absolute atomic E-state index is 13.2. The Morgan fingerprint density at radius 2 is 1.85 bits per heavy atom. The molecule has 1 amide bonds. The first kappa shape index (κ1) is 20.2. The van der Waals surface area contributed by atoms with Crippen LogP contribution in [0.25, 0.3) is 0 Å². The Morgan fingerprint density at radius 3 is 2.56 bits per heavy atom. The molecule has 0 spiro atoms. The fraction of sp³-hybridized carbons (Fsp3) is 0.696. The molecule has 0 radical (unpaired) electrons. The van der Waals surface area contributed by atoms with Crippen molar-refractivity contribution in [1.82, 2.24) is 0 Å². The molecule has 1 saturated carbocycles. The lowest BCUT2D eigenvalue weighted by molar-refractivity contribution is -0.119. The van der Waals surface area contributed by atoms with Gasteiger partial charge in [0.05, 0.1) is 0 Å². The highest BCUT2D eigenvalue weighted by molar-refractivity contribution is 5.94. The fourth-order valence-corrected chi connectivity index (χ4v) is 4.48. The first-order valence-corrected chi connectivity index (χ1v) is 11.0. The van der Waals surface area contributed by atoms with Crippen molar-refractivity contribution < 1.29 is 9.53 Å². The number of ether oxygens (including phenoxy) is 1. The lowest BCUT2D eigenvalue weighted by atomic mass is 10.0. The summed E-state index contributed by atoms with van der Waals surface area (Å²) in [5.74, 6) is 0.264. The number of anilines is 2. The fourth-order valence-electron chi connectivity index (χ4n) is 4.48. The monoisotopic (exact) mass is 372 g/mol. The minimum absolute atomic E-state index is 0.264. The number of benzene rings is 1. The number of nitrogens with zero attached hydrogens (tertiary/aromatic N) is 2. The average Bonchev–Trinajstić information content (AvgIpc) is 3.10. The van der Waals surface area contributed by atoms with Crippen molar-refractivity contribution in [3.63, 3.8) is 0 Å². The van der Waals surface area contributed by atoms with Crippen LogP contribution < -0.4 is 9.80 Å². The summed E-state index contributed by atoms with van der Waals surface area (Å²) < 4.78 is 5.44. The summed E-state index contributed by atoms with van der Waals surface area (Å²) in [6, 6.07) is 9.04. The molecule has 4 nitrogen and oxygen atoms in total. The molecule has 0 atom stereocenters. The van der Waals surface area contributed by atoms with E-state index in [0.29, 0.717) is 19.1 Å². The molecule has 150 valence electrons. The minimum atomic E-state index is 0.264. The van der Waals surface area contributed by atoms with Crippen molar-refractivity contribution in [2.45, 2.75) is 77.2 Å². The van der Waals surface area contributed by atoms with Gasteiger partial charge in [0, 0.05) is 50.1 Å². The molecule has 1 aromatic carbocycles. The Hall–Kier alpha value is -1.55. The van der Waals surface area contributed by atoms with Gasteiger partial charge in [0.2, 0.25) is 5.91 Å². The van der Waals surface area contributed by atoms with E-state index in [-0.39, 0.29) is 5.91 Å². The lowest BCUT2D eigenvalue weighted by Crippen LogP contribution is -2.40. The van der Waals surface area contributed by atoms with E-state index in [9.17, 15) is 4.79 Å². The smallest absolute Gasteiger partial charge is 0.227 e. The third-order valence-electron chi connectivity index (χ3n) is 5.92. The van der Waals surface area contributed by atoms with Gasteiger partial charge in [-0.2, -0.15) is 0 Å². The molecule has 0 N–H and O–H groups in total. The Bertz CT molecular complexity index is 575. The number of rotatable bonds is 8. The van der Waals surface area contributed by atoms with Gasteiger partial charge >= 0.3 is 0 Å². The second-order valence-corrected chi connectivity index (χ2v) is 7.92. The van der Waals surface area contributed by atoms with Crippen molar-refractivity contribution in [1.29, 1.82) is 0 Å². The zero-order valence-corrected chi connectivity index (χ0v) is 17.0. The van der Waals surface area contributed by atoms with Crippen LogP contribution in [0.1, 0.15) is 71.1 Å². The topological polar surface area (TPSA) is 32.8 Å². The summed E-state index contributed by atoms with van der Waals surface area (Å²) in [6.07, 6.45) is 11.3. The standard InChI is InChI=1S/C23H36N2O2/c1-2-27-18-10-15-23(26)25(20-11-5-3-4-6-12-20)22-14-9-13-21(19-22)24-16-7-8-17-24/h9,13-14,19-20H,2-8,10-12,15-18H2,1H3. The third kappa shape index (κ3) is 5.71. The molecule has 2 fully saturated rings. The molecule has 0 aromatic heterocycles. The summed E-state index contributed by atoms with van der Waals surface area (Å²) >= 11 is 0. The van der Waals surface area contributed by atoms with Gasteiger partial charge < -0.3 is 14.5 Å². The van der Waals surface area contributed by atoms with E-state index >= 15 is 0 Å². The molecule has 2 aliphatic rings. The Morgan fingerprint density at radius 1 is 1.11 bits per heavy atom. The van der Waals surface area contributed by atoms with Gasteiger partial charge in [-0.1, -0.05) is 31.7 Å². The average molecular weight is 373 g/mol. The first-order chi connectivity index (χ1) is 13.3. The predicted octanol–water partition coefficient (Wildman–Crippen LogP) is 5.16. The molecule has 4 heteroatoms. The normalized spacial score (nSPS) is 18.5. The summed E-state index contributed by atoms with van der Waals surface area (Å²) in [5.41, 5.74) is 2.36. The van der Waals surface area contributed by atoms with Crippen molar-refractivity contribution >= 4 is 17.3 Å². The molecule has 1 saturated heterocycles. The number of amides is 1. The summed E-state index contributed by atoms with van der Waals surface area (Å²) in [4.78, 5) is 17.8. The number of hydrogen-bond donors (Lipinski definition) is 0. The summed E-state index contributed by atoms with van der Waals surface area (Å²) in [6.45, 7) is 5.67. The van der Waals surface area contributed by atoms with Gasteiger partial charge in [0.1, 0.15) is 0 Å². The highest BCUT2D eigenvalue weighted by atomic mass is 16.5. The van der Waals surface area contributed by atoms with Crippen LogP contribution in [-0.2, 0) is 9.53 Å². The lowest BCUT2D eigenvalue weighted by Gasteiger charge is -2.32. The molecule has 27 heavy (non-hydrogen) atoms. The Balaban J connectivity index is 1.77. The number of carbonyl (C=O) groups is 1. The van der Waals surface area contributed by atoms with Crippen LogP contribution in [0, 0.1) is 0 Å². The molecule has 1 aliphatic carbocycles. The van der Waals surface area contributed by atoms with E-state index in [1.807, 2.05) is 6.92 Å². The van der Waals surface area contributed by atoms with Gasteiger partial charge in [-0.25, -0.2) is 0 Å². The minimum Gasteiger partial charge on any atom is -0.382 e.